The van der Waals surface area contributed by atoms with Crippen LogP contribution in [0.2, 0.25) is 0 Å². The molecule has 0 aliphatic heterocycles. The normalized spacial score (nSPS) is 12.6. The van der Waals surface area contributed by atoms with E-state index in [9.17, 15) is 4.79 Å². The van der Waals surface area contributed by atoms with Crippen LogP contribution < -0.4 is 10.1 Å². The second-order valence-corrected chi connectivity index (χ2v) is 7.54. The fraction of sp³-hybridized carbons (Fsp3) is 0.300. The van der Waals surface area contributed by atoms with Gasteiger partial charge in [0.25, 0.3) is 0 Å². The number of aromatic nitrogens is 4. The molecule has 2 aromatic carbocycles. The zero-order chi connectivity index (χ0) is 19.3. The highest BCUT2D eigenvalue weighted by molar-refractivity contribution is 7.99. The van der Waals surface area contributed by atoms with E-state index >= 15 is 0 Å². The molecule has 3 aromatic rings. The van der Waals surface area contributed by atoms with Crippen molar-refractivity contribution < 1.29 is 9.53 Å². The number of carbonyl (C=O) groups excluding carboxylic acids is 1. The SMILES string of the molecule is COc1ccc(CNC(=O)CSc2nnnn2-c2ccc3c(c2)CCC3)cc1. The average Bonchev–Trinajstić information content (AvgIpc) is 3.39. The number of thioether (sulfide) groups is 1. The molecule has 1 heterocycles. The summed E-state index contributed by atoms with van der Waals surface area (Å²) in [5, 5.41) is 15.5. The van der Waals surface area contributed by atoms with Crippen molar-refractivity contribution in [1.82, 2.24) is 25.5 Å². The van der Waals surface area contributed by atoms with Crippen LogP contribution in [-0.4, -0.2) is 39.0 Å². The molecule has 4 rings (SSSR count). The maximum atomic E-state index is 12.2. The molecule has 1 aliphatic rings. The number of nitrogens with zero attached hydrogens (tertiary/aromatic N) is 4. The number of hydrogen-bond acceptors (Lipinski definition) is 6. The number of methoxy groups -OCH3 is 1. The van der Waals surface area contributed by atoms with Crippen LogP contribution in [0, 0.1) is 0 Å². The molecule has 0 bridgehead atoms. The predicted molar refractivity (Wildman–Crippen MR) is 107 cm³/mol. The Morgan fingerprint density at radius 3 is 2.82 bits per heavy atom. The van der Waals surface area contributed by atoms with Gasteiger partial charge in [0.1, 0.15) is 5.75 Å². The standard InChI is InChI=1S/C20H21N5O2S/c1-27-18-9-5-14(6-10-18)12-21-19(26)13-28-20-22-23-24-25(20)17-8-7-15-3-2-4-16(15)11-17/h5-11H,2-4,12-13H2,1H3,(H,21,26). The van der Waals surface area contributed by atoms with Gasteiger partial charge in [0.05, 0.1) is 18.6 Å². The minimum Gasteiger partial charge on any atom is -0.497 e. The Kier molecular flexibility index (Phi) is 5.57. The van der Waals surface area contributed by atoms with Gasteiger partial charge in [-0.2, -0.15) is 4.68 Å². The number of amides is 1. The molecular formula is C20H21N5O2S. The largest absolute Gasteiger partial charge is 0.497 e. The molecule has 0 atom stereocenters. The van der Waals surface area contributed by atoms with Gasteiger partial charge in [-0.25, -0.2) is 0 Å². The molecule has 0 unspecified atom stereocenters. The molecule has 144 valence electrons. The van der Waals surface area contributed by atoms with Crippen LogP contribution in [0.25, 0.3) is 5.69 Å². The zero-order valence-corrected chi connectivity index (χ0v) is 16.4. The van der Waals surface area contributed by atoms with Crippen molar-refractivity contribution in [3.63, 3.8) is 0 Å². The number of hydrogen-bond donors (Lipinski definition) is 1. The lowest BCUT2D eigenvalue weighted by molar-refractivity contribution is -0.118. The van der Waals surface area contributed by atoms with Gasteiger partial charge < -0.3 is 10.1 Å². The Morgan fingerprint density at radius 2 is 2.00 bits per heavy atom. The molecule has 0 saturated heterocycles. The highest BCUT2D eigenvalue weighted by Gasteiger charge is 2.15. The monoisotopic (exact) mass is 395 g/mol. The third-order valence-corrected chi connectivity index (χ3v) is 5.67. The van der Waals surface area contributed by atoms with Crippen LogP contribution in [0.15, 0.2) is 47.6 Å². The van der Waals surface area contributed by atoms with E-state index in [-0.39, 0.29) is 11.7 Å². The number of ether oxygens (including phenoxy) is 1. The first-order valence-electron chi connectivity index (χ1n) is 9.16. The van der Waals surface area contributed by atoms with Crippen molar-refractivity contribution >= 4 is 17.7 Å². The highest BCUT2D eigenvalue weighted by Crippen LogP contribution is 2.26. The molecule has 1 N–H and O–H groups in total. The van der Waals surface area contributed by atoms with E-state index in [1.54, 1.807) is 11.8 Å². The summed E-state index contributed by atoms with van der Waals surface area (Å²) in [6.45, 7) is 0.471. The lowest BCUT2D eigenvalue weighted by Gasteiger charge is -2.08. The van der Waals surface area contributed by atoms with E-state index in [1.807, 2.05) is 30.3 Å². The summed E-state index contributed by atoms with van der Waals surface area (Å²) in [6.07, 6.45) is 3.44. The Morgan fingerprint density at radius 1 is 1.18 bits per heavy atom. The van der Waals surface area contributed by atoms with Crippen molar-refractivity contribution in [3.05, 3.63) is 59.2 Å². The van der Waals surface area contributed by atoms with Crippen LogP contribution in [0.3, 0.4) is 0 Å². The van der Waals surface area contributed by atoms with Gasteiger partial charge in [-0.1, -0.05) is 30.0 Å². The van der Waals surface area contributed by atoms with E-state index in [2.05, 4.69) is 33.0 Å². The van der Waals surface area contributed by atoms with Crippen LogP contribution in [-0.2, 0) is 24.2 Å². The Bertz CT molecular complexity index is 971. The van der Waals surface area contributed by atoms with E-state index in [0.29, 0.717) is 11.7 Å². The minimum atomic E-state index is -0.0654. The van der Waals surface area contributed by atoms with E-state index in [0.717, 1.165) is 29.8 Å². The molecule has 28 heavy (non-hydrogen) atoms. The Balaban J connectivity index is 1.34. The fourth-order valence-corrected chi connectivity index (χ4v) is 3.97. The molecule has 1 aliphatic carbocycles. The first-order valence-corrected chi connectivity index (χ1v) is 10.1. The minimum absolute atomic E-state index is 0.0654. The smallest absolute Gasteiger partial charge is 0.230 e. The molecule has 0 spiro atoms. The second kappa shape index (κ2) is 8.43. The quantitative estimate of drug-likeness (QED) is 0.619. The molecule has 0 radical (unpaired) electrons. The van der Waals surface area contributed by atoms with Gasteiger partial charge in [-0.3, -0.25) is 4.79 Å². The number of tetrazole rings is 1. The molecule has 1 amide bonds. The van der Waals surface area contributed by atoms with Crippen molar-refractivity contribution in [3.8, 4) is 11.4 Å². The fourth-order valence-electron chi connectivity index (χ4n) is 3.25. The van der Waals surface area contributed by atoms with Crippen LogP contribution >= 0.6 is 11.8 Å². The molecule has 1 aromatic heterocycles. The molecular weight excluding hydrogens is 374 g/mol. The third kappa shape index (κ3) is 4.17. The summed E-state index contributed by atoms with van der Waals surface area (Å²) in [7, 11) is 1.63. The Labute approximate surface area is 167 Å². The van der Waals surface area contributed by atoms with E-state index < -0.39 is 0 Å². The third-order valence-electron chi connectivity index (χ3n) is 4.75. The number of rotatable bonds is 7. The van der Waals surface area contributed by atoms with Gasteiger partial charge in [0, 0.05) is 6.54 Å². The second-order valence-electron chi connectivity index (χ2n) is 6.59. The molecule has 0 saturated carbocycles. The molecule has 7 nitrogen and oxygen atoms in total. The maximum Gasteiger partial charge on any atom is 0.230 e. The van der Waals surface area contributed by atoms with Gasteiger partial charge in [-0.05, 0) is 70.6 Å². The van der Waals surface area contributed by atoms with Crippen LogP contribution in [0.4, 0.5) is 0 Å². The number of fused-ring (bicyclic) bond motifs is 1. The van der Waals surface area contributed by atoms with Gasteiger partial charge in [0.15, 0.2) is 0 Å². The van der Waals surface area contributed by atoms with Crippen molar-refractivity contribution in [1.29, 1.82) is 0 Å². The lowest BCUT2D eigenvalue weighted by Crippen LogP contribution is -2.24. The molecule has 8 heteroatoms. The van der Waals surface area contributed by atoms with Gasteiger partial charge >= 0.3 is 0 Å². The van der Waals surface area contributed by atoms with E-state index in [4.69, 9.17) is 4.74 Å². The number of aryl methyl sites for hydroxylation is 2. The number of benzene rings is 2. The molecule has 0 fully saturated rings. The summed E-state index contributed by atoms with van der Waals surface area (Å²) in [4.78, 5) is 12.2. The summed E-state index contributed by atoms with van der Waals surface area (Å²) >= 11 is 1.33. The first kappa shape index (κ1) is 18.5. The predicted octanol–water partition coefficient (Wildman–Crippen LogP) is 2.57. The van der Waals surface area contributed by atoms with Gasteiger partial charge in [-0.15, -0.1) is 5.10 Å². The topological polar surface area (TPSA) is 81.9 Å². The summed E-state index contributed by atoms with van der Waals surface area (Å²) in [5.74, 6) is 0.981. The number of carbonyl (C=O) groups is 1. The zero-order valence-electron chi connectivity index (χ0n) is 15.6. The average molecular weight is 395 g/mol. The first-order chi connectivity index (χ1) is 13.7. The highest BCUT2D eigenvalue weighted by atomic mass is 32.2. The van der Waals surface area contributed by atoms with Gasteiger partial charge in [0.2, 0.25) is 11.1 Å². The Hall–Kier alpha value is -2.87. The summed E-state index contributed by atoms with van der Waals surface area (Å²) < 4.78 is 6.83. The summed E-state index contributed by atoms with van der Waals surface area (Å²) in [6, 6.07) is 13.9. The van der Waals surface area contributed by atoms with Crippen LogP contribution in [0.1, 0.15) is 23.1 Å². The van der Waals surface area contributed by atoms with Crippen molar-refractivity contribution in [2.75, 3.05) is 12.9 Å². The maximum absolute atomic E-state index is 12.2. The van der Waals surface area contributed by atoms with Crippen molar-refractivity contribution in [2.24, 2.45) is 0 Å². The van der Waals surface area contributed by atoms with E-state index in [1.165, 1.54) is 29.3 Å². The lowest BCUT2D eigenvalue weighted by atomic mass is 10.1. The van der Waals surface area contributed by atoms with Crippen molar-refractivity contribution in [2.45, 2.75) is 31.0 Å². The van der Waals surface area contributed by atoms with Crippen LogP contribution in [0.5, 0.6) is 5.75 Å². The summed E-state index contributed by atoms with van der Waals surface area (Å²) in [5.41, 5.74) is 4.72. The number of nitrogens with one attached hydrogen (secondary N) is 1.